The molecule has 3 N–H and O–H groups in total. The fraction of sp³-hybridized carbons (Fsp3) is 0.100. The van der Waals surface area contributed by atoms with Gasteiger partial charge in [0.1, 0.15) is 17.3 Å². The average molecular weight is 544 g/mol. The molecule has 0 bridgehead atoms. The van der Waals surface area contributed by atoms with Gasteiger partial charge in [-0.15, -0.1) is 10.2 Å². The maximum Gasteiger partial charge on any atom is 0.511 e. The standard InChI is InChI=1S/C30H23F2N3O5/c1-2-5-17-10-12-20(13-11-17)35-27-23(15-19(31)16-24(27)32)26(29(35)37)34-33-25-9-4-8-22(28(25)36)18-6-3-7-21(14-18)40-30(38)39/h3-4,6-16,36-37H,2,5H2,1H3,(H,38,39). The lowest BCUT2D eigenvalue weighted by molar-refractivity contribution is 0.144. The number of benzene rings is 4. The fourth-order valence-corrected chi connectivity index (χ4v) is 4.53. The minimum atomic E-state index is -1.48. The van der Waals surface area contributed by atoms with Crippen LogP contribution in [0.2, 0.25) is 0 Å². The van der Waals surface area contributed by atoms with Gasteiger partial charge in [0.05, 0.1) is 5.52 Å². The number of carbonyl (C=O) groups is 1. The number of nitrogens with zero attached hydrogens (tertiary/aromatic N) is 3. The monoisotopic (exact) mass is 543 g/mol. The van der Waals surface area contributed by atoms with Crippen LogP contribution in [0.5, 0.6) is 17.4 Å². The summed E-state index contributed by atoms with van der Waals surface area (Å²) in [6.07, 6.45) is 0.329. The van der Waals surface area contributed by atoms with Crippen molar-refractivity contribution in [3.8, 4) is 34.2 Å². The van der Waals surface area contributed by atoms with E-state index in [4.69, 9.17) is 5.11 Å². The molecule has 0 fully saturated rings. The van der Waals surface area contributed by atoms with Crippen LogP contribution in [0, 0.1) is 11.6 Å². The van der Waals surface area contributed by atoms with Crippen molar-refractivity contribution in [2.75, 3.05) is 0 Å². The Morgan fingerprint density at radius 3 is 2.42 bits per heavy atom. The summed E-state index contributed by atoms with van der Waals surface area (Å²) >= 11 is 0. The second-order valence-corrected chi connectivity index (χ2v) is 8.98. The first-order valence-corrected chi connectivity index (χ1v) is 12.3. The van der Waals surface area contributed by atoms with Gasteiger partial charge >= 0.3 is 6.16 Å². The third-order valence-corrected chi connectivity index (χ3v) is 6.29. The van der Waals surface area contributed by atoms with Gasteiger partial charge in [0, 0.05) is 22.7 Å². The molecular formula is C30H23F2N3O5. The highest BCUT2D eigenvalue weighted by atomic mass is 19.1. The van der Waals surface area contributed by atoms with Crippen molar-refractivity contribution in [1.29, 1.82) is 0 Å². The second kappa shape index (κ2) is 10.9. The van der Waals surface area contributed by atoms with Crippen LogP contribution in [0.15, 0.2) is 89.1 Å². The molecule has 1 aromatic heterocycles. The van der Waals surface area contributed by atoms with E-state index in [1.165, 1.54) is 22.8 Å². The molecule has 40 heavy (non-hydrogen) atoms. The van der Waals surface area contributed by atoms with Crippen LogP contribution in [0.25, 0.3) is 27.7 Å². The number of aromatic hydroxyl groups is 2. The largest absolute Gasteiger partial charge is 0.511 e. The summed E-state index contributed by atoms with van der Waals surface area (Å²) < 4.78 is 35.2. The number of hydrogen-bond donors (Lipinski definition) is 3. The van der Waals surface area contributed by atoms with Gasteiger partial charge in [0.15, 0.2) is 17.3 Å². The van der Waals surface area contributed by atoms with Gasteiger partial charge in [0.25, 0.3) is 0 Å². The number of halogens is 2. The van der Waals surface area contributed by atoms with Crippen LogP contribution in [0.1, 0.15) is 18.9 Å². The lowest BCUT2D eigenvalue weighted by Gasteiger charge is -2.09. The molecule has 0 saturated carbocycles. The lowest BCUT2D eigenvalue weighted by atomic mass is 10.0. The Hall–Kier alpha value is -5.25. The maximum atomic E-state index is 15.0. The molecule has 0 unspecified atom stereocenters. The molecule has 0 spiro atoms. The molecule has 202 valence electrons. The minimum Gasteiger partial charge on any atom is -0.505 e. The molecule has 4 aromatic carbocycles. The zero-order valence-corrected chi connectivity index (χ0v) is 21.2. The van der Waals surface area contributed by atoms with E-state index in [1.807, 2.05) is 12.1 Å². The van der Waals surface area contributed by atoms with Crippen molar-refractivity contribution in [2.24, 2.45) is 10.2 Å². The molecule has 0 aliphatic heterocycles. The number of rotatable bonds is 7. The zero-order chi connectivity index (χ0) is 28.4. The Labute approximate surface area is 227 Å². The molecule has 1 heterocycles. The van der Waals surface area contributed by atoms with E-state index in [9.17, 15) is 19.4 Å². The van der Waals surface area contributed by atoms with Gasteiger partial charge in [0.2, 0.25) is 5.88 Å². The quantitative estimate of drug-likeness (QED) is 0.108. The van der Waals surface area contributed by atoms with Gasteiger partial charge in [-0.05, 0) is 53.9 Å². The fourth-order valence-electron chi connectivity index (χ4n) is 4.53. The highest BCUT2D eigenvalue weighted by molar-refractivity contribution is 5.97. The maximum absolute atomic E-state index is 15.0. The van der Waals surface area contributed by atoms with E-state index in [0.717, 1.165) is 30.5 Å². The van der Waals surface area contributed by atoms with Crippen molar-refractivity contribution >= 4 is 28.4 Å². The molecular weight excluding hydrogens is 520 g/mol. The Kier molecular flexibility index (Phi) is 7.15. The number of aryl methyl sites for hydroxylation is 1. The lowest BCUT2D eigenvalue weighted by Crippen LogP contribution is -2.02. The smallest absolute Gasteiger partial charge is 0.505 e. The minimum absolute atomic E-state index is 0.00292. The summed E-state index contributed by atoms with van der Waals surface area (Å²) in [4.78, 5) is 10.9. The molecule has 8 nitrogen and oxygen atoms in total. The van der Waals surface area contributed by atoms with Crippen molar-refractivity contribution in [3.05, 3.63) is 96.1 Å². The number of phenols is 1. The first kappa shape index (κ1) is 26.4. The predicted octanol–water partition coefficient (Wildman–Crippen LogP) is 8.41. The molecule has 0 aliphatic rings. The van der Waals surface area contributed by atoms with Gasteiger partial charge in [-0.3, -0.25) is 4.57 Å². The van der Waals surface area contributed by atoms with Gasteiger partial charge < -0.3 is 20.1 Å². The summed E-state index contributed by atoms with van der Waals surface area (Å²) in [5.74, 6) is -2.43. The highest BCUT2D eigenvalue weighted by Gasteiger charge is 2.22. The number of azo groups is 1. The Morgan fingerprint density at radius 1 is 0.950 bits per heavy atom. The van der Waals surface area contributed by atoms with E-state index in [-0.39, 0.29) is 33.8 Å². The molecule has 0 radical (unpaired) electrons. The van der Waals surface area contributed by atoms with E-state index < -0.39 is 23.7 Å². The normalized spacial score (nSPS) is 11.4. The summed E-state index contributed by atoms with van der Waals surface area (Å²) in [6.45, 7) is 2.05. The summed E-state index contributed by atoms with van der Waals surface area (Å²) in [5, 5.41) is 39.1. The van der Waals surface area contributed by atoms with Crippen molar-refractivity contribution in [2.45, 2.75) is 19.8 Å². The molecule has 0 amide bonds. The zero-order valence-electron chi connectivity index (χ0n) is 21.2. The van der Waals surface area contributed by atoms with Crippen molar-refractivity contribution in [3.63, 3.8) is 0 Å². The number of hydrogen-bond acceptors (Lipinski definition) is 6. The molecule has 0 saturated heterocycles. The van der Waals surface area contributed by atoms with Crippen molar-refractivity contribution < 1.29 is 33.6 Å². The molecule has 10 heteroatoms. The van der Waals surface area contributed by atoms with Gasteiger partial charge in [-0.1, -0.05) is 49.7 Å². The van der Waals surface area contributed by atoms with Gasteiger partial charge in [-0.2, -0.15) is 0 Å². The van der Waals surface area contributed by atoms with Crippen LogP contribution >= 0.6 is 0 Å². The molecule has 0 atom stereocenters. The second-order valence-electron chi connectivity index (χ2n) is 8.98. The predicted molar refractivity (Wildman–Crippen MR) is 145 cm³/mol. The van der Waals surface area contributed by atoms with Crippen LogP contribution in [0.4, 0.5) is 25.0 Å². The summed E-state index contributed by atoms with van der Waals surface area (Å²) in [7, 11) is 0. The Morgan fingerprint density at radius 2 is 1.70 bits per heavy atom. The van der Waals surface area contributed by atoms with E-state index in [0.29, 0.717) is 16.8 Å². The van der Waals surface area contributed by atoms with Crippen LogP contribution < -0.4 is 4.74 Å². The first-order valence-electron chi connectivity index (χ1n) is 12.3. The molecule has 5 rings (SSSR count). The Bertz CT molecular complexity index is 1760. The third-order valence-electron chi connectivity index (χ3n) is 6.29. The molecule has 0 aliphatic carbocycles. The average Bonchev–Trinajstić information content (AvgIpc) is 3.19. The van der Waals surface area contributed by atoms with Gasteiger partial charge in [-0.25, -0.2) is 13.6 Å². The summed E-state index contributed by atoms with van der Waals surface area (Å²) in [6, 6.07) is 19.7. The highest BCUT2D eigenvalue weighted by Crippen LogP contribution is 2.44. The van der Waals surface area contributed by atoms with Crippen LogP contribution in [0.3, 0.4) is 0 Å². The number of fused-ring (bicyclic) bond motifs is 1. The van der Waals surface area contributed by atoms with E-state index in [1.54, 1.807) is 36.4 Å². The SMILES string of the molecule is CCCc1ccc(-n2c(O)c(N=Nc3cccc(-c4cccc(OC(=O)O)c4)c3O)c3cc(F)cc(F)c32)cc1. The number of ether oxygens (including phenoxy) is 1. The summed E-state index contributed by atoms with van der Waals surface area (Å²) in [5.41, 5.74) is 2.01. The third kappa shape index (κ3) is 5.06. The Balaban J connectivity index is 1.59. The van der Waals surface area contributed by atoms with Crippen molar-refractivity contribution in [1.82, 2.24) is 4.57 Å². The van der Waals surface area contributed by atoms with Crippen LogP contribution in [-0.4, -0.2) is 26.0 Å². The topological polar surface area (TPSA) is 117 Å². The van der Waals surface area contributed by atoms with E-state index >= 15 is 4.39 Å². The number of carboxylic acid groups (broad SMARTS) is 1. The van der Waals surface area contributed by atoms with Crippen LogP contribution in [-0.2, 0) is 6.42 Å². The molecule has 5 aromatic rings. The number of para-hydroxylation sites is 1. The number of aromatic nitrogens is 1. The number of phenolic OH excluding ortho intramolecular Hbond substituents is 1. The first-order chi connectivity index (χ1) is 19.3. The van der Waals surface area contributed by atoms with E-state index in [2.05, 4.69) is 21.9 Å².